The molecule has 3 aromatic carbocycles. The van der Waals surface area contributed by atoms with Crippen molar-refractivity contribution in [3.05, 3.63) is 101 Å². The van der Waals surface area contributed by atoms with E-state index in [9.17, 15) is 4.79 Å². The van der Waals surface area contributed by atoms with Crippen LogP contribution in [-0.4, -0.2) is 26.9 Å². The molecule has 0 aliphatic rings. The average molecular weight is 426 g/mol. The van der Waals surface area contributed by atoms with Crippen LogP contribution in [0.15, 0.2) is 78.9 Å². The zero-order chi connectivity index (χ0) is 22.7. The highest BCUT2D eigenvalue weighted by Gasteiger charge is 2.32. The van der Waals surface area contributed by atoms with Crippen molar-refractivity contribution in [3.63, 3.8) is 0 Å². The van der Waals surface area contributed by atoms with Gasteiger partial charge in [-0.05, 0) is 49.6 Å². The van der Waals surface area contributed by atoms with Crippen LogP contribution in [0.2, 0.25) is 0 Å². The smallest absolute Gasteiger partial charge is 0.254 e. The summed E-state index contributed by atoms with van der Waals surface area (Å²) in [6.07, 6.45) is 0. The third kappa shape index (κ3) is 4.31. The third-order valence-corrected chi connectivity index (χ3v) is 6.00. The molecule has 4 aromatic rings. The van der Waals surface area contributed by atoms with Gasteiger partial charge in [0, 0.05) is 18.7 Å². The second-order valence-corrected chi connectivity index (χ2v) is 8.68. The number of carbonyl (C=O) groups is 1. The monoisotopic (exact) mass is 425 g/mol. The second kappa shape index (κ2) is 9.39. The largest absolute Gasteiger partial charge is 0.328 e. The van der Waals surface area contributed by atoms with Crippen molar-refractivity contribution in [3.8, 4) is 0 Å². The third-order valence-electron chi connectivity index (χ3n) is 6.00. The number of rotatable bonds is 7. The van der Waals surface area contributed by atoms with Gasteiger partial charge in [-0.3, -0.25) is 4.79 Å². The Morgan fingerprint density at radius 2 is 1.59 bits per heavy atom. The Labute approximate surface area is 190 Å². The maximum Gasteiger partial charge on any atom is 0.254 e. The van der Waals surface area contributed by atoms with Crippen molar-refractivity contribution in [1.29, 1.82) is 0 Å². The zero-order valence-corrected chi connectivity index (χ0v) is 19.3. The first-order valence-corrected chi connectivity index (χ1v) is 11.4. The van der Waals surface area contributed by atoms with Crippen molar-refractivity contribution in [2.75, 3.05) is 6.54 Å². The number of aryl methyl sites for hydroxylation is 1. The van der Waals surface area contributed by atoms with Crippen molar-refractivity contribution in [1.82, 2.24) is 14.5 Å². The Morgan fingerprint density at radius 1 is 0.938 bits per heavy atom. The van der Waals surface area contributed by atoms with Crippen LogP contribution >= 0.6 is 0 Å². The number of nitrogens with zero attached hydrogens (tertiary/aromatic N) is 3. The van der Waals surface area contributed by atoms with Gasteiger partial charge in [0.15, 0.2) is 0 Å². The fraction of sp³-hybridized carbons (Fsp3) is 0.286. The van der Waals surface area contributed by atoms with E-state index in [1.165, 1.54) is 5.56 Å². The minimum atomic E-state index is -0.134. The number of fused-ring (bicyclic) bond motifs is 1. The maximum atomic E-state index is 13.6. The van der Waals surface area contributed by atoms with E-state index in [1.807, 2.05) is 55.1 Å². The van der Waals surface area contributed by atoms with Gasteiger partial charge < -0.3 is 9.47 Å². The first kappa shape index (κ1) is 21.8. The van der Waals surface area contributed by atoms with Gasteiger partial charge >= 0.3 is 0 Å². The van der Waals surface area contributed by atoms with Crippen molar-refractivity contribution in [2.45, 2.75) is 40.3 Å². The fourth-order valence-electron chi connectivity index (χ4n) is 4.38. The summed E-state index contributed by atoms with van der Waals surface area (Å²) in [6, 6.07) is 26.4. The first-order valence-electron chi connectivity index (χ1n) is 11.4. The minimum absolute atomic E-state index is 0.0458. The predicted molar refractivity (Wildman–Crippen MR) is 131 cm³/mol. The van der Waals surface area contributed by atoms with Crippen molar-refractivity contribution in [2.24, 2.45) is 5.92 Å². The van der Waals surface area contributed by atoms with Gasteiger partial charge in [-0.1, -0.05) is 74.0 Å². The Hall–Kier alpha value is -3.40. The zero-order valence-electron chi connectivity index (χ0n) is 19.3. The van der Waals surface area contributed by atoms with Gasteiger partial charge in [0.05, 0.1) is 17.1 Å². The minimum Gasteiger partial charge on any atom is -0.328 e. The van der Waals surface area contributed by atoms with E-state index >= 15 is 0 Å². The first-order chi connectivity index (χ1) is 15.5. The second-order valence-electron chi connectivity index (χ2n) is 8.68. The van der Waals surface area contributed by atoms with Crippen LogP contribution in [0.3, 0.4) is 0 Å². The lowest BCUT2D eigenvalue weighted by Crippen LogP contribution is -2.38. The molecule has 4 heteroatoms. The molecule has 0 fully saturated rings. The van der Waals surface area contributed by atoms with Gasteiger partial charge in [-0.2, -0.15) is 0 Å². The molecular weight excluding hydrogens is 394 g/mol. The van der Waals surface area contributed by atoms with E-state index in [0.29, 0.717) is 12.1 Å². The van der Waals surface area contributed by atoms with Crippen molar-refractivity contribution < 1.29 is 4.79 Å². The molecule has 1 amide bonds. The van der Waals surface area contributed by atoms with Gasteiger partial charge in [0.2, 0.25) is 0 Å². The molecule has 164 valence electrons. The summed E-state index contributed by atoms with van der Waals surface area (Å²) in [6.45, 7) is 9.75. The average Bonchev–Trinajstić information content (AvgIpc) is 3.15. The van der Waals surface area contributed by atoms with Crippen LogP contribution in [0, 0.1) is 12.8 Å². The molecule has 0 N–H and O–H groups in total. The molecule has 4 nitrogen and oxygen atoms in total. The van der Waals surface area contributed by atoms with E-state index in [4.69, 9.17) is 4.98 Å². The Balaban J connectivity index is 1.82. The summed E-state index contributed by atoms with van der Waals surface area (Å²) in [4.78, 5) is 20.6. The molecule has 0 aliphatic carbocycles. The molecule has 0 radical (unpaired) electrons. The van der Waals surface area contributed by atoms with Crippen LogP contribution < -0.4 is 0 Å². The summed E-state index contributed by atoms with van der Waals surface area (Å²) >= 11 is 0. The molecule has 1 unspecified atom stereocenters. The maximum absolute atomic E-state index is 13.6. The molecule has 4 rings (SSSR count). The number of amides is 1. The van der Waals surface area contributed by atoms with E-state index in [1.54, 1.807) is 0 Å². The molecule has 1 aromatic heterocycles. The number of benzene rings is 3. The number of hydrogen-bond acceptors (Lipinski definition) is 2. The Kier molecular flexibility index (Phi) is 6.40. The lowest BCUT2D eigenvalue weighted by Gasteiger charge is -2.34. The highest BCUT2D eigenvalue weighted by Crippen LogP contribution is 2.32. The molecule has 32 heavy (non-hydrogen) atoms. The fourth-order valence-corrected chi connectivity index (χ4v) is 4.38. The number of para-hydroxylation sites is 2. The van der Waals surface area contributed by atoms with E-state index in [2.05, 4.69) is 60.9 Å². The SMILES string of the molecule is CCN(C(=O)c1ccc(C)cc1)C(c1nc2ccccc2n1Cc1ccccc1)C(C)C. The van der Waals surface area contributed by atoms with Gasteiger partial charge in [-0.25, -0.2) is 4.98 Å². The normalized spacial score (nSPS) is 12.3. The molecule has 1 atom stereocenters. The topological polar surface area (TPSA) is 38.1 Å². The van der Waals surface area contributed by atoms with Gasteiger partial charge in [0.25, 0.3) is 5.91 Å². The summed E-state index contributed by atoms with van der Waals surface area (Å²) in [5.74, 6) is 1.19. The summed E-state index contributed by atoms with van der Waals surface area (Å²) in [5, 5.41) is 0. The Bertz CT molecular complexity index is 1190. The Morgan fingerprint density at radius 3 is 2.25 bits per heavy atom. The quantitative estimate of drug-likeness (QED) is 0.351. The molecule has 0 saturated carbocycles. The lowest BCUT2D eigenvalue weighted by molar-refractivity contribution is 0.0621. The van der Waals surface area contributed by atoms with E-state index in [-0.39, 0.29) is 17.9 Å². The van der Waals surface area contributed by atoms with Crippen molar-refractivity contribution >= 4 is 16.9 Å². The summed E-state index contributed by atoms with van der Waals surface area (Å²) in [7, 11) is 0. The van der Waals surface area contributed by atoms with Crippen LogP contribution in [0.25, 0.3) is 11.0 Å². The van der Waals surface area contributed by atoms with Crippen LogP contribution in [-0.2, 0) is 6.54 Å². The summed E-state index contributed by atoms with van der Waals surface area (Å²) < 4.78 is 2.28. The predicted octanol–water partition coefficient (Wildman–Crippen LogP) is 6.25. The molecular formula is C28H31N3O. The highest BCUT2D eigenvalue weighted by atomic mass is 16.2. The highest BCUT2D eigenvalue weighted by molar-refractivity contribution is 5.94. The van der Waals surface area contributed by atoms with E-state index < -0.39 is 0 Å². The van der Waals surface area contributed by atoms with Gasteiger partial charge in [-0.15, -0.1) is 0 Å². The molecule has 0 bridgehead atoms. The van der Waals surface area contributed by atoms with Crippen LogP contribution in [0.4, 0.5) is 0 Å². The number of hydrogen-bond donors (Lipinski definition) is 0. The molecule has 0 aliphatic heterocycles. The molecule has 1 heterocycles. The van der Waals surface area contributed by atoms with E-state index in [0.717, 1.165) is 29.0 Å². The standard InChI is InChI=1S/C28H31N3O/c1-5-30(28(32)23-17-15-21(4)16-18-23)26(20(2)3)27-29-24-13-9-10-14-25(24)31(27)19-22-11-7-6-8-12-22/h6-18,20,26H,5,19H2,1-4H3. The van der Waals surface area contributed by atoms with Crippen LogP contribution in [0.5, 0.6) is 0 Å². The lowest BCUT2D eigenvalue weighted by atomic mass is 9.99. The summed E-state index contributed by atoms with van der Waals surface area (Å²) in [5.41, 5.74) is 5.13. The van der Waals surface area contributed by atoms with Gasteiger partial charge in [0.1, 0.15) is 5.82 Å². The molecule has 0 saturated heterocycles. The molecule has 0 spiro atoms. The number of imidazole rings is 1. The van der Waals surface area contributed by atoms with Crippen LogP contribution in [0.1, 0.15) is 54.1 Å². The number of aromatic nitrogens is 2. The number of carbonyl (C=O) groups excluding carboxylic acids is 1.